The Hall–Kier alpha value is -2.54. The molecular weight excluding hydrogens is 310 g/mol. The smallest absolute Gasteiger partial charge is 0.232 e. The molecule has 0 unspecified atom stereocenters. The summed E-state index contributed by atoms with van der Waals surface area (Å²) in [6.07, 6.45) is 1.69. The zero-order chi connectivity index (χ0) is 15.6. The van der Waals surface area contributed by atoms with Crippen LogP contribution >= 0.6 is 11.3 Å². The molecule has 4 aromatic rings. The highest BCUT2D eigenvalue weighted by atomic mass is 32.1. The lowest BCUT2D eigenvalue weighted by Gasteiger charge is -1.99. The van der Waals surface area contributed by atoms with Gasteiger partial charge in [-0.15, -0.1) is 16.4 Å². The summed E-state index contributed by atoms with van der Waals surface area (Å²) in [4.78, 5) is 5.69. The molecule has 0 radical (unpaired) electrons. The zero-order valence-electron chi connectivity index (χ0n) is 12.6. The fourth-order valence-corrected chi connectivity index (χ4v) is 3.19. The highest BCUT2D eigenvalue weighted by Crippen LogP contribution is 2.22. The van der Waals surface area contributed by atoms with Crippen molar-refractivity contribution in [2.75, 3.05) is 0 Å². The summed E-state index contributed by atoms with van der Waals surface area (Å²) in [5.74, 6) is 1.21. The van der Waals surface area contributed by atoms with Gasteiger partial charge in [-0.1, -0.05) is 23.4 Å². The van der Waals surface area contributed by atoms with Crippen molar-refractivity contribution < 1.29 is 4.52 Å². The Morgan fingerprint density at radius 1 is 1.26 bits per heavy atom. The Morgan fingerprint density at radius 3 is 3.04 bits per heavy atom. The van der Waals surface area contributed by atoms with Gasteiger partial charge in [0.2, 0.25) is 11.7 Å². The minimum absolute atomic E-state index is 0.587. The molecule has 0 aliphatic heterocycles. The van der Waals surface area contributed by atoms with E-state index in [9.17, 15) is 0 Å². The van der Waals surface area contributed by atoms with Gasteiger partial charge in [0.15, 0.2) is 0 Å². The van der Waals surface area contributed by atoms with E-state index in [4.69, 9.17) is 4.52 Å². The maximum atomic E-state index is 5.35. The normalized spacial score (nSPS) is 11.3. The molecule has 6 nitrogen and oxygen atoms in total. The van der Waals surface area contributed by atoms with Gasteiger partial charge in [-0.25, -0.2) is 4.68 Å². The van der Waals surface area contributed by atoms with E-state index >= 15 is 0 Å². The number of rotatable bonds is 5. The molecule has 23 heavy (non-hydrogen) atoms. The van der Waals surface area contributed by atoms with E-state index in [0.717, 1.165) is 29.6 Å². The fraction of sp³-hybridized carbons (Fsp3) is 0.250. The highest BCUT2D eigenvalue weighted by Gasteiger charge is 2.12. The van der Waals surface area contributed by atoms with Crippen molar-refractivity contribution >= 4 is 22.4 Å². The Bertz CT molecular complexity index is 925. The number of aromatic nitrogens is 5. The van der Waals surface area contributed by atoms with Crippen LogP contribution < -0.4 is 0 Å². The van der Waals surface area contributed by atoms with Gasteiger partial charge >= 0.3 is 0 Å². The second kappa shape index (κ2) is 5.92. The summed E-state index contributed by atoms with van der Waals surface area (Å²) in [6.45, 7) is 2.99. The first kappa shape index (κ1) is 14.1. The quantitative estimate of drug-likeness (QED) is 0.561. The molecule has 0 saturated heterocycles. The summed E-state index contributed by atoms with van der Waals surface area (Å²) in [7, 11) is 0. The number of fused-ring (bicyclic) bond motifs is 1. The van der Waals surface area contributed by atoms with Crippen LogP contribution in [0.1, 0.15) is 24.1 Å². The molecule has 3 heterocycles. The highest BCUT2D eigenvalue weighted by molar-refractivity contribution is 7.09. The zero-order valence-corrected chi connectivity index (χ0v) is 13.5. The van der Waals surface area contributed by atoms with E-state index in [2.05, 4.69) is 33.4 Å². The van der Waals surface area contributed by atoms with Crippen LogP contribution in [0.3, 0.4) is 0 Å². The van der Waals surface area contributed by atoms with Crippen molar-refractivity contribution in [3.05, 3.63) is 46.5 Å². The van der Waals surface area contributed by atoms with Crippen LogP contribution in [0.5, 0.6) is 0 Å². The lowest BCUT2D eigenvalue weighted by molar-refractivity contribution is 0.386. The molecule has 0 saturated carbocycles. The van der Waals surface area contributed by atoms with Crippen molar-refractivity contribution in [3.63, 3.8) is 0 Å². The molecule has 0 spiro atoms. The van der Waals surface area contributed by atoms with Crippen LogP contribution in [0.15, 0.2) is 40.2 Å². The van der Waals surface area contributed by atoms with Crippen molar-refractivity contribution in [2.24, 2.45) is 0 Å². The van der Waals surface area contributed by atoms with Crippen LogP contribution in [-0.2, 0) is 13.0 Å². The molecule has 0 aliphatic rings. The Balaban J connectivity index is 1.62. The van der Waals surface area contributed by atoms with Gasteiger partial charge < -0.3 is 4.52 Å². The molecule has 0 N–H and O–H groups in total. The van der Waals surface area contributed by atoms with Crippen LogP contribution in [0.4, 0.5) is 0 Å². The molecule has 4 rings (SSSR count). The van der Waals surface area contributed by atoms with E-state index in [1.165, 1.54) is 4.88 Å². The number of thiophene rings is 1. The van der Waals surface area contributed by atoms with Crippen LogP contribution in [0, 0.1) is 0 Å². The van der Waals surface area contributed by atoms with E-state index in [0.29, 0.717) is 18.1 Å². The van der Waals surface area contributed by atoms with Gasteiger partial charge in [-0.3, -0.25) is 0 Å². The maximum absolute atomic E-state index is 5.35. The van der Waals surface area contributed by atoms with Crippen LogP contribution in [-0.4, -0.2) is 25.1 Å². The van der Waals surface area contributed by atoms with Crippen molar-refractivity contribution in [1.82, 2.24) is 25.1 Å². The topological polar surface area (TPSA) is 69.6 Å². The molecule has 0 fully saturated rings. The SMILES string of the molecule is CCCn1nnc2cc(-c3noc(Cc4cccs4)n3)ccc21. The van der Waals surface area contributed by atoms with Crippen molar-refractivity contribution in [2.45, 2.75) is 26.3 Å². The third-order valence-electron chi connectivity index (χ3n) is 3.58. The summed E-state index contributed by atoms with van der Waals surface area (Å²) < 4.78 is 7.27. The average molecular weight is 325 g/mol. The lowest BCUT2D eigenvalue weighted by atomic mass is 10.2. The van der Waals surface area contributed by atoms with Crippen LogP contribution in [0.25, 0.3) is 22.4 Å². The monoisotopic (exact) mass is 325 g/mol. The number of benzene rings is 1. The van der Waals surface area contributed by atoms with Gasteiger partial charge in [0.1, 0.15) is 5.52 Å². The molecule has 1 aromatic carbocycles. The van der Waals surface area contributed by atoms with E-state index in [-0.39, 0.29) is 0 Å². The Labute approximate surface area is 136 Å². The Kier molecular flexibility index (Phi) is 3.63. The second-order valence-electron chi connectivity index (χ2n) is 5.28. The standard InChI is InChI=1S/C16H15N5OS/c1-2-7-21-14-6-5-11(9-13(14)18-20-21)16-17-15(22-19-16)10-12-4-3-8-23-12/h3-6,8-9H,2,7,10H2,1H3. The molecule has 7 heteroatoms. The van der Waals surface area contributed by atoms with E-state index in [1.54, 1.807) is 11.3 Å². The largest absolute Gasteiger partial charge is 0.339 e. The molecule has 0 amide bonds. The van der Waals surface area contributed by atoms with Crippen LogP contribution in [0.2, 0.25) is 0 Å². The summed E-state index contributed by atoms with van der Waals surface area (Å²) >= 11 is 1.68. The maximum Gasteiger partial charge on any atom is 0.232 e. The summed E-state index contributed by atoms with van der Waals surface area (Å²) in [5, 5.41) is 14.5. The first-order valence-electron chi connectivity index (χ1n) is 7.52. The molecule has 0 bridgehead atoms. The minimum atomic E-state index is 0.587. The molecular formula is C16H15N5OS. The third kappa shape index (κ3) is 2.75. The summed E-state index contributed by atoms with van der Waals surface area (Å²) in [5.41, 5.74) is 2.76. The molecule has 0 atom stereocenters. The van der Waals surface area contributed by atoms with Crippen molar-refractivity contribution in [3.8, 4) is 11.4 Å². The first-order valence-corrected chi connectivity index (χ1v) is 8.40. The molecule has 3 aromatic heterocycles. The predicted octanol–water partition coefficient (Wildman–Crippen LogP) is 3.54. The first-order chi connectivity index (χ1) is 11.3. The van der Waals surface area contributed by atoms with E-state index < -0.39 is 0 Å². The second-order valence-corrected chi connectivity index (χ2v) is 6.32. The summed E-state index contributed by atoms with van der Waals surface area (Å²) in [6, 6.07) is 10.0. The van der Waals surface area contributed by atoms with Gasteiger partial charge in [0.05, 0.1) is 11.9 Å². The van der Waals surface area contributed by atoms with Gasteiger partial charge in [-0.2, -0.15) is 4.98 Å². The number of hydrogen-bond donors (Lipinski definition) is 0. The fourth-order valence-electron chi connectivity index (χ4n) is 2.49. The third-order valence-corrected chi connectivity index (χ3v) is 4.46. The number of nitrogens with zero attached hydrogens (tertiary/aromatic N) is 5. The van der Waals surface area contributed by atoms with Gasteiger partial charge in [0.25, 0.3) is 0 Å². The number of hydrogen-bond acceptors (Lipinski definition) is 6. The molecule has 116 valence electrons. The minimum Gasteiger partial charge on any atom is -0.339 e. The lowest BCUT2D eigenvalue weighted by Crippen LogP contribution is -1.98. The average Bonchev–Trinajstić information content (AvgIpc) is 3.29. The van der Waals surface area contributed by atoms with Gasteiger partial charge in [-0.05, 0) is 36.1 Å². The molecule has 0 aliphatic carbocycles. The van der Waals surface area contributed by atoms with E-state index in [1.807, 2.05) is 34.3 Å². The Morgan fingerprint density at radius 2 is 2.22 bits per heavy atom. The predicted molar refractivity (Wildman–Crippen MR) is 88.2 cm³/mol. The number of aryl methyl sites for hydroxylation is 1. The van der Waals surface area contributed by atoms with Gasteiger partial charge in [0, 0.05) is 17.0 Å². The van der Waals surface area contributed by atoms with Crippen molar-refractivity contribution in [1.29, 1.82) is 0 Å².